The van der Waals surface area contributed by atoms with Crippen molar-refractivity contribution >= 4 is 41.1 Å². The molecule has 0 unspecified atom stereocenters. The third kappa shape index (κ3) is 11.6. The maximum atomic E-state index is 13.0. The summed E-state index contributed by atoms with van der Waals surface area (Å²) in [4.78, 5) is 66.8. The van der Waals surface area contributed by atoms with E-state index in [-0.39, 0.29) is 92.7 Å². The van der Waals surface area contributed by atoms with Gasteiger partial charge in [-0.15, -0.1) is 0 Å². The quantitative estimate of drug-likeness (QED) is 0.0841. The lowest BCUT2D eigenvalue weighted by atomic mass is 9.75. The Morgan fingerprint density at radius 3 is 1.95 bits per heavy atom. The van der Waals surface area contributed by atoms with Gasteiger partial charge >= 0.3 is 12.1 Å². The lowest BCUT2D eigenvalue weighted by Crippen LogP contribution is -2.34. The molecule has 3 aromatic carbocycles. The van der Waals surface area contributed by atoms with Crippen LogP contribution in [0, 0.1) is 11.3 Å². The van der Waals surface area contributed by atoms with Gasteiger partial charge < -0.3 is 30.5 Å². The molecule has 0 bridgehead atoms. The lowest BCUT2D eigenvalue weighted by Gasteiger charge is -2.30. The molecule has 0 radical (unpaired) electrons. The zero-order valence-electron chi connectivity index (χ0n) is 32.6. The summed E-state index contributed by atoms with van der Waals surface area (Å²) in [5.74, 6) is -0.970. The maximum absolute atomic E-state index is 13.0. The smallest absolute Gasteiger partial charge is 0.407 e. The molecule has 12 nitrogen and oxygen atoms in total. The van der Waals surface area contributed by atoms with Crippen molar-refractivity contribution < 1.29 is 38.6 Å². The van der Waals surface area contributed by atoms with Crippen molar-refractivity contribution in [2.75, 3.05) is 26.2 Å². The Morgan fingerprint density at radius 2 is 1.36 bits per heavy atom. The molecule has 296 valence electrons. The van der Waals surface area contributed by atoms with E-state index in [0.717, 1.165) is 27.8 Å². The molecular formula is C44H52N4O8. The highest BCUT2D eigenvalue weighted by molar-refractivity contribution is 6.23. The number of alkyl carbamates (subject to hydrolysis) is 1. The van der Waals surface area contributed by atoms with Crippen molar-refractivity contribution in [2.45, 2.75) is 78.7 Å². The van der Waals surface area contributed by atoms with Gasteiger partial charge in [0.25, 0.3) is 0 Å². The van der Waals surface area contributed by atoms with E-state index >= 15 is 0 Å². The van der Waals surface area contributed by atoms with Crippen molar-refractivity contribution in [3.63, 3.8) is 0 Å². The number of benzene rings is 3. The number of nitrogens with zero attached hydrogens (tertiary/aromatic N) is 1. The lowest BCUT2D eigenvalue weighted by molar-refractivity contribution is -0.144. The van der Waals surface area contributed by atoms with E-state index in [1.165, 1.54) is 0 Å². The average molecular weight is 765 g/mol. The predicted molar refractivity (Wildman–Crippen MR) is 213 cm³/mol. The van der Waals surface area contributed by atoms with Crippen molar-refractivity contribution in [3.8, 4) is 11.1 Å². The number of ketones is 1. The van der Waals surface area contributed by atoms with Crippen LogP contribution in [0.15, 0.2) is 89.1 Å². The molecule has 12 heteroatoms. The third-order valence-electron chi connectivity index (χ3n) is 9.63. The Labute approximate surface area is 328 Å². The second-order valence-electron chi connectivity index (χ2n) is 15.4. The van der Waals surface area contributed by atoms with Crippen LogP contribution in [0.2, 0.25) is 0 Å². The van der Waals surface area contributed by atoms with Gasteiger partial charge in [-0.2, -0.15) is 0 Å². The number of aliphatic imine (C=N–C) groups is 1. The summed E-state index contributed by atoms with van der Waals surface area (Å²) >= 11 is 0. The Bertz CT molecular complexity index is 1940. The van der Waals surface area contributed by atoms with E-state index in [2.05, 4.69) is 28.1 Å². The van der Waals surface area contributed by atoms with Crippen LogP contribution >= 0.6 is 0 Å². The standard InChI is InChI=1S/C44H52N4O8/c1-28(2)23-36(42-37(49)24-44(3,4)25-38(42)50)48-30-15-13-29(14-16-30)26-55-41(53)19-22-46-39(51)17-20-45-40(52)18-21-47-43(54)56-27-35-33-11-7-5-9-31(33)32-10-6-8-12-34(32)35/h5-16,28,35,49H,17-27H2,1-4H3,(H,45,52)(H,46,51)(H,47,54). The van der Waals surface area contributed by atoms with Crippen LogP contribution < -0.4 is 16.0 Å². The van der Waals surface area contributed by atoms with Crippen LogP contribution in [-0.2, 0) is 35.3 Å². The Kier molecular flexibility index (Phi) is 14.2. The largest absolute Gasteiger partial charge is 0.511 e. The summed E-state index contributed by atoms with van der Waals surface area (Å²) in [5, 5.41) is 18.6. The number of esters is 1. The van der Waals surface area contributed by atoms with E-state index < -0.39 is 12.1 Å². The van der Waals surface area contributed by atoms with E-state index in [9.17, 15) is 29.1 Å². The first-order chi connectivity index (χ1) is 26.8. The monoisotopic (exact) mass is 764 g/mol. The van der Waals surface area contributed by atoms with Gasteiger partial charge in [0.2, 0.25) is 11.8 Å². The molecule has 2 aliphatic carbocycles. The summed E-state index contributed by atoms with van der Waals surface area (Å²) < 4.78 is 10.8. The van der Waals surface area contributed by atoms with Gasteiger partial charge in [0.15, 0.2) is 5.78 Å². The fraction of sp³-hybridized carbons (Fsp3) is 0.409. The summed E-state index contributed by atoms with van der Waals surface area (Å²) in [6.45, 7) is 8.49. The van der Waals surface area contributed by atoms with E-state index in [1.54, 1.807) is 24.3 Å². The fourth-order valence-electron chi connectivity index (χ4n) is 6.99. The number of ether oxygens (including phenoxy) is 2. The molecule has 2 aliphatic rings. The van der Waals surface area contributed by atoms with Gasteiger partial charge in [-0.3, -0.25) is 24.2 Å². The first kappa shape index (κ1) is 41.4. The number of fused-ring (bicyclic) bond motifs is 3. The first-order valence-corrected chi connectivity index (χ1v) is 19.2. The van der Waals surface area contributed by atoms with Crippen LogP contribution in [0.25, 0.3) is 11.1 Å². The molecule has 0 spiro atoms. The molecule has 3 aromatic rings. The van der Waals surface area contributed by atoms with Crippen molar-refractivity contribution in [3.05, 3.63) is 101 Å². The average Bonchev–Trinajstić information content (AvgIpc) is 3.46. The highest BCUT2D eigenvalue weighted by Gasteiger charge is 2.35. The van der Waals surface area contributed by atoms with Gasteiger partial charge in [0, 0.05) is 51.2 Å². The minimum atomic E-state index is -0.606. The number of rotatable bonds is 17. The third-order valence-corrected chi connectivity index (χ3v) is 9.63. The summed E-state index contributed by atoms with van der Waals surface area (Å²) in [6, 6.07) is 23.3. The highest BCUT2D eigenvalue weighted by Crippen LogP contribution is 2.44. The number of allylic oxidation sites excluding steroid dienone is 2. The molecule has 0 heterocycles. The van der Waals surface area contributed by atoms with Gasteiger partial charge in [0.05, 0.1) is 23.4 Å². The topological polar surface area (TPSA) is 172 Å². The molecule has 0 saturated carbocycles. The maximum Gasteiger partial charge on any atom is 0.407 e. The molecule has 0 aliphatic heterocycles. The second-order valence-corrected chi connectivity index (χ2v) is 15.4. The van der Waals surface area contributed by atoms with Crippen LogP contribution in [-0.4, -0.2) is 66.7 Å². The second kappa shape index (κ2) is 19.2. The summed E-state index contributed by atoms with van der Waals surface area (Å²) in [5.41, 5.74) is 6.47. The zero-order valence-corrected chi connectivity index (χ0v) is 32.6. The molecule has 0 fully saturated rings. The molecule has 0 aromatic heterocycles. The van der Waals surface area contributed by atoms with Crippen LogP contribution in [0.1, 0.15) is 88.8 Å². The fourth-order valence-corrected chi connectivity index (χ4v) is 6.99. The summed E-state index contributed by atoms with van der Waals surface area (Å²) in [6.07, 6.45) is 0.736. The number of aliphatic hydroxyl groups is 1. The number of nitrogens with one attached hydrogen (secondary N) is 3. The predicted octanol–water partition coefficient (Wildman–Crippen LogP) is 6.99. The van der Waals surface area contributed by atoms with Crippen molar-refractivity contribution in [1.82, 2.24) is 16.0 Å². The number of hydrogen-bond acceptors (Lipinski definition) is 9. The first-order valence-electron chi connectivity index (χ1n) is 19.2. The van der Waals surface area contributed by atoms with Crippen LogP contribution in [0.5, 0.6) is 0 Å². The van der Waals surface area contributed by atoms with E-state index in [0.29, 0.717) is 36.2 Å². The molecule has 0 saturated heterocycles. The van der Waals surface area contributed by atoms with Gasteiger partial charge in [-0.25, -0.2) is 4.79 Å². The number of carbonyl (C=O) groups is 5. The Balaban J connectivity index is 0.936. The molecule has 4 N–H and O–H groups in total. The van der Waals surface area contributed by atoms with Crippen LogP contribution in [0.4, 0.5) is 10.5 Å². The van der Waals surface area contributed by atoms with E-state index in [4.69, 9.17) is 14.5 Å². The molecular weight excluding hydrogens is 713 g/mol. The number of Topliss-reactive ketones (excluding diaryl/α,β-unsaturated/α-hetero) is 1. The number of carbonyl (C=O) groups excluding carboxylic acids is 5. The van der Waals surface area contributed by atoms with Crippen molar-refractivity contribution in [2.24, 2.45) is 16.3 Å². The molecule has 3 amide bonds. The normalized spacial score (nSPS) is 14.9. The minimum absolute atomic E-state index is 0.0230. The molecule has 0 atom stereocenters. The van der Waals surface area contributed by atoms with Crippen molar-refractivity contribution in [1.29, 1.82) is 0 Å². The molecule has 56 heavy (non-hydrogen) atoms. The van der Waals surface area contributed by atoms with E-state index in [1.807, 2.05) is 64.1 Å². The molecule has 5 rings (SSSR count). The Hall–Kier alpha value is -5.78. The van der Waals surface area contributed by atoms with Gasteiger partial charge in [-0.1, -0.05) is 88.4 Å². The number of aliphatic hydroxyl groups excluding tert-OH is 1. The van der Waals surface area contributed by atoms with Gasteiger partial charge in [0.1, 0.15) is 19.0 Å². The number of amides is 3. The zero-order chi connectivity index (χ0) is 40.2. The van der Waals surface area contributed by atoms with Crippen LogP contribution in [0.3, 0.4) is 0 Å². The SMILES string of the molecule is CC(C)CC(=Nc1ccc(COC(=O)CCNC(=O)CCNC(=O)CCNC(=O)OCC2c3ccccc3-c3ccccc32)cc1)C1=C(O)CC(C)(C)CC1=O. The Morgan fingerprint density at radius 1 is 0.786 bits per heavy atom. The highest BCUT2D eigenvalue weighted by atomic mass is 16.5. The minimum Gasteiger partial charge on any atom is -0.511 e. The van der Waals surface area contributed by atoms with Gasteiger partial charge in [-0.05, 0) is 57.7 Å². The summed E-state index contributed by atoms with van der Waals surface area (Å²) in [7, 11) is 0. The number of hydrogen-bond donors (Lipinski definition) is 4.